The lowest BCUT2D eigenvalue weighted by Crippen LogP contribution is -2.46. The van der Waals surface area contributed by atoms with Gasteiger partial charge in [-0.05, 0) is 65.9 Å². The number of benzene rings is 3. The first-order chi connectivity index (χ1) is 25.1. The SMILES string of the molecule is C#C.CC.O=C(O)c1ccc(CC2CCCCCC2)c(N(CC(=O)N2CCOCC2)Cc2ccc3nc(-c4cccc(C(F)(F)F)c4)ccc3c2)c1. The summed E-state index contributed by atoms with van der Waals surface area (Å²) in [5, 5.41) is 10.7. The molecule has 0 radical (unpaired) electrons. The third-order valence-corrected chi connectivity index (χ3v) is 9.46. The highest BCUT2D eigenvalue weighted by molar-refractivity contribution is 5.90. The van der Waals surface area contributed by atoms with Crippen molar-refractivity contribution in [2.24, 2.45) is 5.92 Å². The number of anilines is 1. The maximum absolute atomic E-state index is 13.6. The van der Waals surface area contributed by atoms with Crippen molar-refractivity contribution in [1.29, 1.82) is 0 Å². The van der Waals surface area contributed by atoms with Crippen LogP contribution in [0.25, 0.3) is 22.2 Å². The number of carboxylic acids is 1. The van der Waals surface area contributed by atoms with Crippen LogP contribution in [0.3, 0.4) is 0 Å². The Balaban J connectivity index is 0.00000146. The number of aromatic nitrogens is 1. The van der Waals surface area contributed by atoms with Crippen molar-refractivity contribution < 1.29 is 32.6 Å². The Labute approximate surface area is 304 Å². The number of aromatic carboxylic acids is 1. The molecule has 3 aromatic carbocycles. The van der Waals surface area contributed by atoms with E-state index in [9.17, 15) is 27.9 Å². The standard InChI is InChI=1S/C38H40F3N3O4.C2H6.C2H2/c39-38(40,41)32-9-5-8-28(22-32)34-15-13-29-21-27(10-14-33(29)42-34)24-44(25-36(45)43-16-18-48-19-17-43)35-23-31(37(46)47)12-11-30(35)20-26-6-3-1-2-4-7-26;2*1-2/h5,8-15,21-23,26H,1-4,6-7,16-20,24-25H2,(H,46,47);1-2H3;1-2H. The lowest BCUT2D eigenvalue weighted by molar-refractivity contribution is -0.137. The Morgan fingerprint density at radius 2 is 1.63 bits per heavy atom. The fourth-order valence-electron chi connectivity index (χ4n) is 6.85. The zero-order valence-corrected chi connectivity index (χ0v) is 30.0. The maximum Gasteiger partial charge on any atom is 0.416 e. The molecule has 1 aliphatic heterocycles. The van der Waals surface area contributed by atoms with Crippen LogP contribution >= 0.6 is 0 Å². The summed E-state index contributed by atoms with van der Waals surface area (Å²) in [4.78, 5) is 34.2. The van der Waals surface area contributed by atoms with Gasteiger partial charge >= 0.3 is 12.1 Å². The van der Waals surface area contributed by atoms with Gasteiger partial charge in [-0.1, -0.05) is 82.7 Å². The highest BCUT2D eigenvalue weighted by atomic mass is 19.4. The Morgan fingerprint density at radius 1 is 0.923 bits per heavy atom. The van der Waals surface area contributed by atoms with Crippen molar-refractivity contribution in [3.8, 4) is 24.1 Å². The summed E-state index contributed by atoms with van der Waals surface area (Å²) in [6.07, 6.45) is 11.5. The minimum absolute atomic E-state index is 0.0485. The van der Waals surface area contributed by atoms with Gasteiger partial charge in [0.2, 0.25) is 5.91 Å². The fourth-order valence-corrected chi connectivity index (χ4v) is 6.85. The molecule has 2 heterocycles. The summed E-state index contributed by atoms with van der Waals surface area (Å²) in [5.74, 6) is -0.575. The second kappa shape index (κ2) is 19.1. The first-order valence-corrected chi connectivity index (χ1v) is 18.0. The van der Waals surface area contributed by atoms with Crippen LogP contribution in [0.4, 0.5) is 18.9 Å². The Morgan fingerprint density at radius 3 is 2.31 bits per heavy atom. The summed E-state index contributed by atoms with van der Waals surface area (Å²) < 4.78 is 45.5. The number of hydrogen-bond donors (Lipinski definition) is 1. The number of pyridine rings is 1. The maximum atomic E-state index is 13.6. The summed E-state index contributed by atoms with van der Waals surface area (Å²) in [7, 11) is 0. The molecule has 6 rings (SSSR count). The molecule has 52 heavy (non-hydrogen) atoms. The second-order valence-corrected chi connectivity index (χ2v) is 12.9. The number of halogens is 3. The van der Waals surface area contributed by atoms with Gasteiger partial charge in [0.15, 0.2) is 0 Å². The van der Waals surface area contributed by atoms with Crippen LogP contribution in [0.5, 0.6) is 0 Å². The van der Waals surface area contributed by atoms with Crippen LogP contribution in [0.1, 0.15) is 79.4 Å². The molecule has 2 aliphatic rings. The number of ether oxygens (including phenoxy) is 1. The summed E-state index contributed by atoms with van der Waals surface area (Å²) in [6, 6.07) is 19.7. The largest absolute Gasteiger partial charge is 0.478 e. The highest BCUT2D eigenvalue weighted by Gasteiger charge is 2.30. The van der Waals surface area contributed by atoms with E-state index in [4.69, 9.17) is 4.74 Å². The van der Waals surface area contributed by atoms with E-state index in [0.717, 1.165) is 53.6 Å². The third kappa shape index (κ3) is 10.6. The number of morpholine rings is 1. The van der Waals surface area contributed by atoms with E-state index in [1.165, 1.54) is 31.7 Å². The van der Waals surface area contributed by atoms with Gasteiger partial charge < -0.3 is 19.6 Å². The lowest BCUT2D eigenvalue weighted by atomic mass is 9.90. The molecule has 0 spiro atoms. The molecule has 1 saturated carbocycles. The van der Waals surface area contributed by atoms with Crippen molar-refractivity contribution >= 4 is 28.5 Å². The summed E-state index contributed by atoms with van der Waals surface area (Å²) >= 11 is 0. The molecule has 1 saturated heterocycles. The van der Waals surface area contributed by atoms with Gasteiger partial charge in [-0.3, -0.25) is 4.79 Å². The number of alkyl halides is 3. The average Bonchev–Trinajstić information content (AvgIpc) is 3.45. The first kappa shape index (κ1) is 39.9. The van der Waals surface area contributed by atoms with Gasteiger partial charge in [0, 0.05) is 36.3 Å². The van der Waals surface area contributed by atoms with Crippen LogP contribution in [0, 0.1) is 18.8 Å². The topological polar surface area (TPSA) is 83.0 Å². The number of carbonyl (C=O) groups is 2. The molecule has 0 unspecified atom stereocenters. The third-order valence-electron chi connectivity index (χ3n) is 9.46. The molecule has 7 nitrogen and oxygen atoms in total. The predicted molar refractivity (Wildman–Crippen MR) is 200 cm³/mol. The first-order valence-electron chi connectivity index (χ1n) is 18.0. The summed E-state index contributed by atoms with van der Waals surface area (Å²) in [5.41, 5.74) is 3.57. The van der Waals surface area contributed by atoms with Crippen LogP contribution in [0.2, 0.25) is 0 Å². The number of terminal acetylenes is 1. The predicted octanol–water partition coefficient (Wildman–Crippen LogP) is 9.27. The molecule has 276 valence electrons. The van der Waals surface area contributed by atoms with Crippen LogP contribution in [-0.2, 0) is 28.7 Å². The van der Waals surface area contributed by atoms with E-state index in [1.807, 2.05) is 49.1 Å². The number of carboxylic acid groups (broad SMARTS) is 1. The van der Waals surface area contributed by atoms with Crippen molar-refractivity contribution in [3.63, 3.8) is 0 Å². The van der Waals surface area contributed by atoms with Gasteiger partial charge in [-0.15, -0.1) is 12.8 Å². The van der Waals surface area contributed by atoms with Gasteiger partial charge in [-0.2, -0.15) is 13.2 Å². The van der Waals surface area contributed by atoms with Crippen molar-refractivity contribution in [1.82, 2.24) is 9.88 Å². The van der Waals surface area contributed by atoms with E-state index in [0.29, 0.717) is 55.5 Å². The molecule has 1 amide bonds. The molecule has 0 atom stereocenters. The Kier molecular flexibility index (Phi) is 14.7. The van der Waals surface area contributed by atoms with E-state index >= 15 is 0 Å². The van der Waals surface area contributed by atoms with Crippen molar-refractivity contribution in [2.45, 2.75) is 71.5 Å². The quantitative estimate of drug-likeness (QED) is 0.137. The molecule has 1 aliphatic carbocycles. The second-order valence-electron chi connectivity index (χ2n) is 12.9. The molecule has 0 bridgehead atoms. The number of carbonyl (C=O) groups excluding carboxylic acids is 1. The molecular weight excluding hydrogens is 667 g/mol. The smallest absolute Gasteiger partial charge is 0.416 e. The van der Waals surface area contributed by atoms with Gasteiger partial charge in [0.25, 0.3) is 0 Å². The Hall–Kier alpha value is -4.88. The monoisotopic (exact) mass is 715 g/mol. The lowest BCUT2D eigenvalue weighted by Gasteiger charge is -2.32. The number of amides is 1. The number of rotatable bonds is 9. The molecule has 2 fully saturated rings. The van der Waals surface area contributed by atoms with E-state index in [2.05, 4.69) is 17.8 Å². The highest BCUT2D eigenvalue weighted by Crippen LogP contribution is 2.34. The molecule has 1 N–H and O–H groups in total. The zero-order chi connectivity index (χ0) is 37.7. The van der Waals surface area contributed by atoms with Crippen LogP contribution in [-0.4, -0.2) is 59.7 Å². The average molecular weight is 716 g/mol. The van der Waals surface area contributed by atoms with Gasteiger partial charge in [-0.25, -0.2) is 9.78 Å². The van der Waals surface area contributed by atoms with E-state index < -0.39 is 17.7 Å². The van der Waals surface area contributed by atoms with Gasteiger partial charge in [0.05, 0.1) is 42.1 Å². The van der Waals surface area contributed by atoms with Crippen molar-refractivity contribution in [3.05, 3.63) is 95.1 Å². The number of hydrogen-bond acceptors (Lipinski definition) is 5. The van der Waals surface area contributed by atoms with Gasteiger partial charge in [0.1, 0.15) is 0 Å². The van der Waals surface area contributed by atoms with Crippen molar-refractivity contribution in [2.75, 3.05) is 37.7 Å². The minimum Gasteiger partial charge on any atom is -0.478 e. The van der Waals surface area contributed by atoms with E-state index in [-0.39, 0.29) is 18.0 Å². The Bertz CT molecular complexity index is 1810. The summed E-state index contributed by atoms with van der Waals surface area (Å²) in [6.45, 7) is 6.40. The van der Waals surface area contributed by atoms with Crippen LogP contribution in [0.15, 0.2) is 72.8 Å². The van der Waals surface area contributed by atoms with E-state index in [1.54, 1.807) is 29.2 Å². The molecular formula is C42H48F3N3O4. The number of fused-ring (bicyclic) bond motifs is 1. The zero-order valence-electron chi connectivity index (χ0n) is 30.0. The number of nitrogens with zero attached hydrogens (tertiary/aromatic N) is 3. The molecule has 10 heteroatoms. The fraction of sp³-hybridized carbons (Fsp3) is 0.405. The molecule has 1 aromatic heterocycles. The minimum atomic E-state index is -4.45. The molecule has 4 aromatic rings. The van der Waals surface area contributed by atoms with Crippen LogP contribution < -0.4 is 4.90 Å². The normalized spacial score (nSPS) is 15.0.